The monoisotopic (exact) mass is 415 g/mol. The van der Waals surface area contributed by atoms with Gasteiger partial charge in [-0.25, -0.2) is 0 Å². The topological polar surface area (TPSA) is 82.1 Å². The van der Waals surface area contributed by atoms with Crippen LogP contribution >= 0.6 is 0 Å². The summed E-state index contributed by atoms with van der Waals surface area (Å²) < 4.78 is 16.4. The first-order chi connectivity index (χ1) is 12.6. The average Bonchev–Trinajstić information content (AvgIpc) is 2.28. The van der Waals surface area contributed by atoms with E-state index in [0.29, 0.717) is 0 Å². The summed E-state index contributed by atoms with van der Waals surface area (Å²) >= 11 is 0. The van der Waals surface area contributed by atoms with Gasteiger partial charge >= 0.3 is 17.9 Å². The number of esters is 3. The maximum Gasteiger partial charge on any atom is 0.324 e. The zero-order chi connectivity index (χ0) is 23.4. The number of nitrogens with zero attached hydrogens (tertiary/aromatic N) is 1. The summed E-state index contributed by atoms with van der Waals surface area (Å²) in [6.45, 7) is 21.0. The third-order valence-corrected chi connectivity index (χ3v) is 3.32. The van der Waals surface area contributed by atoms with Crippen LogP contribution in [0.1, 0.15) is 83.1 Å². The van der Waals surface area contributed by atoms with Crippen LogP contribution < -0.4 is 0 Å². The van der Waals surface area contributed by atoms with Crippen molar-refractivity contribution in [3.05, 3.63) is 0 Å². The van der Waals surface area contributed by atoms with Crippen LogP contribution in [0.2, 0.25) is 0 Å². The Morgan fingerprint density at radius 2 is 0.931 bits per heavy atom. The lowest BCUT2D eigenvalue weighted by atomic mass is 9.85. The molecule has 0 radical (unpaired) electrons. The highest BCUT2D eigenvalue weighted by molar-refractivity contribution is 5.81. The largest absolute Gasteiger partial charge is 0.459 e. The lowest BCUT2D eigenvalue weighted by molar-refractivity contribution is -0.171. The van der Waals surface area contributed by atoms with Gasteiger partial charge in [-0.2, -0.15) is 0 Å². The average molecular weight is 416 g/mol. The molecule has 1 atom stereocenters. The Morgan fingerprint density at radius 3 is 1.17 bits per heavy atom. The fourth-order valence-electron chi connectivity index (χ4n) is 2.73. The van der Waals surface area contributed by atoms with Gasteiger partial charge in [0.1, 0.15) is 22.8 Å². The normalized spacial score (nSPS) is 14.4. The number of hydrogen-bond donors (Lipinski definition) is 0. The molecule has 0 saturated carbocycles. The summed E-state index contributed by atoms with van der Waals surface area (Å²) in [6, 6.07) is -0.846. The molecule has 0 rings (SSSR count). The minimum absolute atomic E-state index is 0.238. The molecule has 0 spiro atoms. The van der Waals surface area contributed by atoms with Gasteiger partial charge in [0.25, 0.3) is 0 Å². The van der Waals surface area contributed by atoms with Crippen molar-refractivity contribution < 1.29 is 28.6 Å². The van der Waals surface area contributed by atoms with E-state index in [4.69, 9.17) is 14.2 Å². The summed E-state index contributed by atoms with van der Waals surface area (Å²) in [4.78, 5) is 39.5. The van der Waals surface area contributed by atoms with E-state index in [-0.39, 0.29) is 13.1 Å². The quantitative estimate of drug-likeness (QED) is 0.483. The molecular weight excluding hydrogens is 374 g/mol. The van der Waals surface area contributed by atoms with E-state index >= 15 is 0 Å². The predicted octanol–water partition coefficient (Wildman–Crippen LogP) is 3.73. The summed E-state index contributed by atoms with van der Waals surface area (Å²) in [6.07, 6.45) is 0. The number of carbonyl (C=O) groups is 3. The highest BCUT2D eigenvalue weighted by Gasteiger charge is 2.41. The molecule has 0 saturated heterocycles. The van der Waals surface area contributed by atoms with Gasteiger partial charge in [-0.1, -0.05) is 20.8 Å². The standard InChI is InChI=1S/C22H41NO6/c1-19(2,3)17(18(26)29-22(10,11)12)23(13-15(24)27-20(4,5)6)14-16(25)28-21(7,8)9/h17H,13-14H2,1-12H3. The molecule has 0 N–H and O–H groups in total. The fraction of sp³-hybridized carbons (Fsp3) is 0.864. The summed E-state index contributed by atoms with van der Waals surface area (Å²) in [5, 5.41) is 0. The summed E-state index contributed by atoms with van der Waals surface area (Å²) in [5.41, 5.74) is -2.67. The number of hydrogen-bond acceptors (Lipinski definition) is 7. The summed E-state index contributed by atoms with van der Waals surface area (Å²) in [5.74, 6) is -1.56. The maximum atomic E-state index is 13.0. The molecule has 29 heavy (non-hydrogen) atoms. The lowest BCUT2D eigenvalue weighted by Crippen LogP contribution is -2.55. The fourth-order valence-corrected chi connectivity index (χ4v) is 2.73. The van der Waals surface area contributed by atoms with E-state index in [1.165, 1.54) is 4.90 Å². The highest BCUT2D eigenvalue weighted by atomic mass is 16.6. The molecule has 0 bridgehead atoms. The van der Waals surface area contributed by atoms with Crippen molar-refractivity contribution in [2.45, 2.75) is 106 Å². The van der Waals surface area contributed by atoms with Crippen LogP contribution in [-0.2, 0) is 28.6 Å². The van der Waals surface area contributed by atoms with Gasteiger partial charge < -0.3 is 14.2 Å². The molecule has 0 aromatic carbocycles. The van der Waals surface area contributed by atoms with Gasteiger partial charge in [0.15, 0.2) is 0 Å². The van der Waals surface area contributed by atoms with Crippen LogP contribution in [0.4, 0.5) is 0 Å². The van der Waals surface area contributed by atoms with Crippen molar-refractivity contribution >= 4 is 17.9 Å². The smallest absolute Gasteiger partial charge is 0.324 e. The second-order valence-electron chi connectivity index (χ2n) is 11.4. The van der Waals surface area contributed by atoms with E-state index in [0.717, 1.165) is 0 Å². The number of carbonyl (C=O) groups excluding carboxylic acids is 3. The molecule has 1 unspecified atom stereocenters. The van der Waals surface area contributed by atoms with Gasteiger partial charge in [0.2, 0.25) is 0 Å². The van der Waals surface area contributed by atoms with Crippen molar-refractivity contribution in [3.63, 3.8) is 0 Å². The Labute approximate surface area is 176 Å². The third kappa shape index (κ3) is 12.5. The van der Waals surface area contributed by atoms with Crippen LogP contribution in [0.3, 0.4) is 0 Å². The van der Waals surface area contributed by atoms with Crippen LogP contribution in [0.15, 0.2) is 0 Å². The molecular formula is C22H41NO6. The van der Waals surface area contributed by atoms with E-state index in [1.54, 1.807) is 62.3 Å². The zero-order valence-electron chi connectivity index (χ0n) is 20.4. The first-order valence-corrected chi connectivity index (χ1v) is 10.0. The second-order valence-corrected chi connectivity index (χ2v) is 11.4. The molecule has 0 aliphatic heterocycles. The van der Waals surface area contributed by atoms with Crippen LogP contribution in [-0.4, -0.2) is 58.7 Å². The Hall–Kier alpha value is -1.63. The minimum atomic E-state index is -0.846. The lowest BCUT2D eigenvalue weighted by Gasteiger charge is -2.39. The molecule has 7 nitrogen and oxygen atoms in total. The molecule has 0 aromatic heterocycles. The van der Waals surface area contributed by atoms with E-state index in [9.17, 15) is 14.4 Å². The molecule has 7 heteroatoms. The molecule has 0 aliphatic rings. The summed E-state index contributed by atoms with van der Waals surface area (Å²) in [7, 11) is 0. The van der Waals surface area contributed by atoms with Gasteiger partial charge in [-0.15, -0.1) is 0 Å². The van der Waals surface area contributed by atoms with Crippen molar-refractivity contribution in [2.24, 2.45) is 5.41 Å². The van der Waals surface area contributed by atoms with E-state index < -0.39 is 46.2 Å². The van der Waals surface area contributed by atoms with Gasteiger partial charge in [-0.05, 0) is 67.7 Å². The molecule has 0 aliphatic carbocycles. The van der Waals surface area contributed by atoms with Crippen molar-refractivity contribution in [1.29, 1.82) is 0 Å². The van der Waals surface area contributed by atoms with E-state index in [1.807, 2.05) is 20.8 Å². The Morgan fingerprint density at radius 1 is 0.621 bits per heavy atom. The first-order valence-electron chi connectivity index (χ1n) is 10.0. The molecule has 0 aromatic rings. The van der Waals surface area contributed by atoms with Crippen molar-refractivity contribution in [1.82, 2.24) is 4.90 Å². The Balaban J connectivity index is 5.87. The maximum absolute atomic E-state index is 13.0. The predicted molar refractivity (Wildman–Crippen MR) is 112 cm³/mol. The zero-order valence-corrected chi connectivity index (χ0v) is 20.4. The third-order valence-electron chi connectivity index (χ3n) is 3.32. The van der Waals surface area contributed by atoms with Crippen LogP contribution in [0, 0.1) is 5.41 Å². The minimum Gasteiger partial charge on any atom is -0.459 e. The van der Waals surface area contributed by atoms with Crippen LogP contribution in [0.5, 0.6) is 0 Å². The van der Waals surface area contributed by atoms with Crippen molar-refractivity contribution in [3.8, 4) is 0 Å². The Bertz CT molecular complexity index is 554. The van der Waals surface area contributed by atoms with Gasteiger partial charge in [-0.3, -0.25) is 19.3 Å². The Kier molecular flexibility index (Phi) is 8.92. The van der Waals surface area contributed by atoms with Crippen molar-refractivity contribution in [2.75, 3.05) is 13.1 Å². The molecule has 0 fully saturated rings. The van der Waals surface area contributed by atoms with Gasteiger partial charge in [0, 0.05) is 0 Å². The van der Waals surface area contributed by atoms with E-state index in [2.05, 4.69) is 0 Å². The van der Waals surface area contributed by atoms with Crippen LogP contribution in [0.25, 0.3) is 0 Å². The van der Waals surface area contributed by atoms with Gasteiger partial charge in [0.05, 0.1) is 13.1 Å². The first kappa shape index (κ1) is 27.4. The second kappa shape index (κ2) is 9.45. The number of ether oxygens (including phenoxy) is 3. The molecule has 0 amide bonds. The molecule has 0 heterocycles. The SMILES string of the molecule is CC(C)(C)OC(=O)CN(CC(=O)OC(C)(C)C)C(C(=O)OC(C)(C)C)C(C)(C)C. The molecule has 170 valence electrons. The highest BCUT2D eigenvalue weighted by Crippen LogP contribution is 2.28. The number of rotatable bonds is 6.